The highest BCUT2D eigenvalue weighted by molar-refractivity contribution is 6.05. The fraction of sp³-hybridized carbons (Fsp3) is 0.458. The van der Waals surface area contributed by atoms with Crippen molar-refractivity contribution >= 4 is 23.1 Å². The van der Waals surface area contributed by atoms with E-state index in [0.29, 0.717) is 54.9 Å². The van der Waals surface area contributed by atoms with Gasteiger partial charge >= 0.3 is 0 Å². The van der Waals surface area contributed by atoms with Crippen molar-refractivity contribution in [2.45, 2.75) is 51.1 Å². The summed E-state index contributed by atoms with van der Waals surface area (Å²) in [7, 11) is 1.54. The van der Waals surface area contributed by atoms with E-state index >= 15 is 0 Å². The van der Waals surface area contributed by atoms with Gasteiger partial charge in [0.1, 0.15) is 11.8 Å². The number of hydrogen-bond donors (Lipinski definition) is 4. The number of methoxy groups -OCH3 is 1. The van der Waals surface area contributed by atoms with E-state index in [-0.39, 0.29) is 29.6 Å². The minimum atomic E-state index is -0.451. The van der Waals surface area contributed by atoms with Crippen molar-refractivity contribution in [1.82, 2.24) is 30.2 Å². The van der Waals surface area contributed by atoms with E-state index in [1.54, 1.807) is 30.0 Å². The number of ether oxygens (including phenoxy) is 1. The largest absolute Gasteiger partial charge is 0.481 e. The van der Waals surface area contributed by atoms with Crippen LogP contribution in [0.5, 0.6) is 5.88 Å². The molecule has 0 aromatic carbocycles. The molecule has 0 spiro atoms. The summed E-state index contributed by atoms with van der Waals surface area (Å²) in [5, 5.41) is 10.4. The number of aromatic nitrogens is 4. The molecule has 3 heterocycles. The Kier molecular flexibility index (Phi) is 6.88. The third-order valence-corrected chi connectivity index (χ3v) is 6.22. The fourth-order valence-electron chi connectivity index (χ4n) is 4.35. The first-order valence-electron chi connectivity index (χ1n) is 11.7. The summed E-state index contributed by atoms with van der Waals surface area (Å²) in [5.41, 5.74) is 13.9. The van der Waals surface area contributed by atoms with Crippen LogP contribution in [0.15, 0.2) is 30.7 Å². The highest BCUT2D eigenvalue weighted by Gasteiger charge is 2.29. The van der Waals surface area contributed by atoms with Gasteiger partial charge in [-0.15, -0.1) is 0 Å². The van der Waals surface area contributed by atoms with Gasteiger partial charge in [0.15, 0.2) is 5.82 Å². The van der Waals surface area contributed by atoms with Gasteiger partial charge in [0.2, 0.25) is 11.8 Å². The van der Waals surface area contributed by atoms with Gasteiger partial charge in [0.05, 0.1) is 18.4 Å². The lowest BCUT2D eigenvalue weighted by molar-refractivity contribution is -0.126. The summed E-state index contributed by atoms with van der Waals surface area (Å²) in [6.45, 7) is 4.18. The quantitative estimate of drug-likeness (QED) is 0.395. The molecule has 0 bridgehead atoms. The Hall–Kier alpha value is -3.73. The second-order valence-electron chi connectivity index (χ2n) is 9.66. The molecule has 1 aliphatic rings. The molecule has 0 unspecified atom stereocenters. The molecule has 11 heteroatoms. The Morgan fingerprint density at radius 1 is 1.20 bits per heavy atom. The Balaban J connectivity index is 1.49. The number of nitrogens with two attached hydrogens (primary N) is 2. The first kappa shape index (κ1) is 24.4. The van der Waals surface area contributed by atoms with Crippen molar-refractivity contribution in [2.24, 2.45) is 11.7 Å². The SMILES string of the molecule is COc1cc(-c2cc(C(=O)NC3CCC(C(=O)NCC(C)(C)N)CC3)c3c(N)ncnn23)ccn1. The third kappa shape index (κ3) is 5.51. The number of nitrogens with zero attached hydrogens (tertiary/aromatic N) is 4. The van der Waals surface area contributed by atoms with Crippen LogP contribution in [-0.4, -0.2) is 56.6 Å². The van der Waals surface area contributed by atoms with Gasteiger partial charge in [0, 0.05) is 41.9 Å². The highest BCUT2D eigenvalue weighted by Crippen LogP contribution is 2.30. The van der Waals surface area contributed by atoms with E-state index in [1.807, 2.05) is 19.9 Å². The van der Waals surface area contributed by atoms with E-state index < -0.39 is 5.54 Å². The molecular formula is C24H32N8O3. The molecule has 0 saturated heterocycles. The zero-order chi connectivity index (χ0) is 25.2. The molecule has 0 atom stereocenters. The highest BCUT2D eigenvalue weighted by atomic mass is 16.5. The monoisotopic (exact) mass is 480 g/mol. The smallest absolute Gasteiger partial charge is 0.253 e. The summed E-state index contributed by atoms with van der Waals surface area (Å²) in [5.74, 6) is 0.350. The molecule has 0 radical (unpaired) electrons. The van der Waals surface area contributed by atoms with Crippen LogP contribution in [0.1, 0.15) is 49.9 Å². The lowest BCUT2D eigenvalue weighted by atomic mass is 9.85. The summed E-state index contributed by atoms with van der Waals surface area (Å²) in [4.78, 5) is 34.0. The summed E-state index contributed by atoms with van der Waals surface area (Å²) in [6, 6.07) is 5.28. The van der Waals surface area contributed by atoms with Crippen LogP contribution in [0.4, 0.5) is 5.82 Å². The second kappa shape index (κ2) is 9.87. The van der Waals surface area contributed by atoms with Gasteiger partial charge in [-0.1, -0.05) is 0 Å². The number of hydrogen-bond acceptors (Lipinski definition) is 8. The van der Waals surface area contributed by atoms with Crippen LogP contribution in [0.3, 0.4) is 0 Å². The van der Waals surface area contributed by atoms with Gasteiger partial charge < -0.3 is 26.8 Å². The van der Waals surface area contributed by atoms with Gasteiger partial charge in [-0.05, 0) is 51.7 Å². The molecule has 35 heavy (non-hydrogen) atoms. The minimum absolute atomic E-state index is 0.0223. The lowest BCUT2D eigenvalue weighted by Crippen LogP contribution is -2.47. The maximum atomic E-state index is 13.3. The number of nitrogens with one attached hydrogen (secondary N) is 2. The number of carbonyl (C=O) groups excluding carboxylic acids is 2. The van der Waals surface area contributed by atoms with Crippen LogP contribution in [-0.2, 0) is 4.79 Å². The van der Waals surface area contributed by atoms with Crippen molar-refractivity contribution in [3.63, 3.8) is 0 Å². The number of anilines is 1. The van der Waals surface area contributed by atoms with Crippen LogP contribution in [0, 0.1) is 5.92 Å². The van der Waals surface area contributed by atoms with Crippen LogP contribution < -0.4 is 26.8 Å². The Labute approximate surface area is 203 Å². The molecule has 4 rings (SSSR count). The topological polar surface area (TPSA) is 163 Å². The summed E-state index contributed by atoms with van der Waals surface area (Å²) in [6.07, 6.45) is 5.80. The average molecular weight is 481 g/mol. The van der Waals surface area contributed by atoms with Gasteiger partial charge in [-0.3, -0.25) is 9.59 Å². The predicted molar refractivity (Wildman–Crippen MR) is 132 cm³/mol. The Bertz CT molecular complexity index is 1230. The van der Waals surface area contributed by atoms with Gasteiger partial charge in [0.25, 0.3) is 5.91 Å². The molecule has 186 valence electrons. The van der Waals surface area contributed by atoms with Crippen LogP contribution in [0.25, 0.3) is 16.8 Å². The number of carbonyl (C=O) groups is 2. The zero-order valence-electron chi connectivity index (χ0n) is 20.2. The van der Waals surface area contributed by atoms with Crippen molar-refractivity contribution < 1.29 is 14.3 Å². The van der Waals surface area contributed by atoms with Gasteiger partial charge in [-0.2, -0.15) is 5.10 Å². The van der Waals surface area contributed by atoms with E-state index in [0.717, 1.165) is 5.56 Å². The standard InChI is InChI=1S/C24H32N8O3/c1-24(2,26)12-28-22(33)14-4-6-16(7-5-14)31-23(34)17-11-18(15-8-9-27-19(10-15)35-3)32-20(17)21(25)29-13-30-32/h8-11,13-14,16H,4-7,12,26H2,1-3H3,(H,28,33)(H,31,34)(H2,25,29,30). The molecule has 2 amide bonds. The molecule has 6 N–H and O–H groups in total. The molecule has 1 fully saturated rings. The molecule has 0 aliphatic heterocycles. The maximum absolute atomic E-state index is 13.3. The fourth-order valence-corrected chi connectivity index (χ4v) is 4.35. The molecule has 3 aromatic heterocycles. The van der Waals surface area contributed by atoms with E-state index in [4.69, 9.17) is 16.2 Å². The number of rotatable bonds is 7. The van der Waals surface area contributed by atoms with Crippen molar-refractivity contribution in [3.05, 3.63) is 36.3 Å². The maximum Gasteiger partial charge on any atom is 0.253 e. The first-order chi connectivity index (χ1) is 16.7. The number of pyridine rings is 1. The van der Waals surface area contributed by atoms with E-state index in [2.05, 4.69) is 25.7 Å². The predicted octanol–water partition coefficient (Wildman–Crippen LogP) is 1.52. The van der Waals surface area contributed by atoms with Crippen molar-refractivity contribution in [2.75, 3.05) is 19.4 Å². The molecule has 3 aromatic rings. The summed E-state index contributed by atoms with van der Waals surface area (Å²) < 4.78 is 6.84. The molecule has 1 aliphatic carbocycles. The normalized spacial score (nSPS) is 18.3. The van der Waals surface area contributed by atoms with E-state index in [9.17, 15) is 9.59 Å². The Morgan fingerprint density at radius 2 is 1.94 bits per heavy atom. The van der Waals surface area contributed by atoms with Gasteiger partial charge in [-0.25, -0.2) is 14.5 Å². The average Bonchev–Trinajstić information content (AvgIpc) is 3.24. The van der Waals surface area contributed by atoms with Crippen LogP contribution >= 0.6 is 0 Å². The Morgan fingerprint density at radius 3 is 2.63 bits per heavy atom. The molecule has 1 saturated carbocycles. The number of nitrogen functional groups attached to an aromatic ring is 1. The molecule has 11 nitrogen and oxygen atoms in total. The summed E-state index contributed by atoms with van der Waals surface area (Å²) >= 11 is 0. The number of fused-ring (bicyclic) bond motifs is 1. The van der Waals surface area contributed by atoms with Crippen molar-refractivity contribution in [1.29, 1.82) is 0 Å². The number of amides is 2. The van der Waals surface area contributed by atoms with Crippen molar-refractivity contribution in [3.8, 4) is 17.1 Å². The lowest BCUT2D eigenvalue weighted by Gasteiger charge is -2.29. The van der Waals surface area contributed by atoms with E-state index in [1.165, 1.54) is 6.33 Å². The first-order valence-corrected chi connectivity index (χ1v) is 11.7. The van der Waals surface area contributed by atoms with Crippen LogP contribution in [0.2, 0.25) is 0 Å². The third-order valence-electron chi connectivity index (χ3n) is 6.22. The minimum Gasteiger partial charge on any atom is -0.481 e. The molecular weight excluding hydrogens is 448 g/mol. The zero-order valence-corrected chi connectivity index (χ0v) is 20.2. The second-order valence-corrected chi connectivity index (χ2v) is 9.66.